The van der Waals surface area contributed by atoms with Crippen molar-refractivity contribution in [1.29, 1.82) is 0 Å². The lowest BCUT2D eigenvalue weighted by Crippen LogP contribution is -2.29. The van der Waals surface area contributed by atoms with Crippen LogP contribution in [0.3, 0.4) is 0 Å². The van der Waals surface area contributed by atoms with Gasteiger partial charge in [-0.15, -0.1) is 0 Å². The van der Waals surface area contributed by atoms with Crippen molar-refractivity contribution in [3.63, 3.8) is 0 Å². The van der Waals surface area contributed by atoms with Crippen LogP contribution in [0.15, 0.2) is 12.1 Å². The van der Waals surface area contributed by atoms with Gasteiger partial charge in [-0.3, -0.25) is 0 Å². The first-order valence-electron chi connectivity index (χ1n) is 5.56. The summed E-state index contributed by atoms with van der Waals surface area (Å²) >= 11 is 0. The standard InChI is InChI=1S/C12H17NO3/c1-2-7-5-9-8(11(6-13)16-7)3-4-10(14)12(9)15/h3-4,7,11,14-15H,2,5-6,13H2,1H3/t7-,11+/m1/s1. The molecule has 1 aliphatic rings. The van der Waals surface area contributed by atoms with Gasteiger partial charge in [0.05, 0.1) is 12.2 Å². The predicted molar refractivity (Wildman–Crippen MR) is 60.4 cm³/mol. The van der Waals surface area contributed by atoms with Crippen molar-refractivity contribution < 1.29 is 14.9 Å². The number of aromatic hydroxyl groups is 2. The van der Waals surface area contributed by atoms with Crippen LogP contribution in [-0.2, 0) is 11.2 Å². The minimum Gasteiger partial charge on any atom is -0.504 e. The van der Waals surface area contributed by atoms with Gasteiger partial charge in [0.15, 0.2) is 11.5 Å². The van der Waals surface area contributed by atoms with Crippen molar-refractivity contribution in [1.82, 2.24) is 0 Å². The van der Waals surface area contributed by atoms with Crippen molar-refractivity contribution in [2.75, 3.05) is 6.54 Å². The molecule has 0 fully saturated rings. The molecular formula is C12H17NO3. The normalized spacial score (nSPS) is 24.1. The van der Waals surface area contributed by atoms with Gasteiger partial charge in [-0.2, -0.15) is 0 Å². The Morgan fingerprint density at radius 3 is 2.81 bits per heavy atom. The minimum absolute atomic E-state index is 0.0299. The molecule has 88 valence electrons. The quantitative estimate of drug-likeness (QED) is 0.663. The molecule has 0 spiro atoms. The van der Waals surface area contributed by atoms with Crippen LogP contribution in [0, 0.1) is 0 Å². The number of hydrogen-bond donors (Lipinski definition) is 3. The van der Waals surface area contributed by atoms with E-state index in [0.717, 1.165) is 17.5 Å². The average Bonchev–Trinajstić information content (AvgIpc) is 2.32. The zero-order valence-corrected chi connectivity index (χ0v) is 9.31. The smallest absolute Gasteiger partial charge is 0.161 e. The zero-order chi connectivity index (χ0) is 11.7. The van der Waals surface area contributed by atoms with Crippen LogP contribution < -0.4 is 5.73 Å². The number of nitrogens with two attached hydrogens (primary N) is 1. The zero-order valence-electron chi connectivity index (χ0n) is 9.31. The first-order chi connectivity index (χ1) is 7.67. The summed E-state index contributed by atoms with van der Waals surface area (Å²) in [4.78, 5) is 0. The van der Waals surface area contributed by atoms with E-state index >= 15 is 0 Å². The number of phenols is 2. The number of ether oxygens (including phenoxy) is 1. The van der Waals surface area contributed by atoms with Crippen LogP contribution in [0.25, 0.3) is 0 Å². The third kappa shape index (κ3) is 1.74. The van der Waals surface area contributed by atoms with Crippen LogP contribution in [0.2, 0.25) is 0 Å². The average molecular weight is 223 g/mol. The Bertz CT molecular complexity index is 392. The summed E-state index contributed by atoms with van der Waals surface area (Å²) in [5, 5.41) is 19.3. The van der Waals surface area contributed by atoms with E-state index in [1.807, 2.05) is 6.92 Å². The fourth-order valence-electron chi connectivity index (χ4n) is 2.16. The minimum atomic E-state index is -0.180. The van der Waals surface area contributed by atoms with E-state index in [9.17, 15) is 10.2 Å². The second-order valence-corrected chi connectivity index (χ2v) is 4.10. The lowest BCUT2D eigenvalue weighted by Gasteiger charge is -2.31. The summed E-state index contributed by atoms with van der Waals surface area (Å²) in [6, 6.07) is 3.25. The molecule has 2 rings (SSSR count). The predicted octanol–water partition coefficient (Wildman–Crippen LogP) is 1.45. The number of fused-ring (bicyclic) bond motifs is 1. The lowest BCUT2D eigenvalue weighted by atomic mass is 9.92. The van der Waals surface area contributed by atoms with Crippen LogP contribution in [0.4, 0.5) is 0 Å². The Morgan fingerprint density at radius 2 is 2.19 bits per heavy atom. The molecule has 1 aliphatic heterocycles. The first-order valence-corrected chi connectivity index (χ1v) is 5.56. The van der Waals surface area contributed by atoms with Gasteiger partial charge < -0.3 is 20.7 Å². The summed E-state index contributed by atoms with van der Waals surface area (Å²) in [5.74, 6) is -0.107. The highest BCUT2D eigenvalue weighted by Crippen LogP contribution is 2.40. The molecule has 0 amide bonds. The van der Waals surface area contributed by atoms with Crippen molar-refractivity contribution in [2.45, 2.75) is 32.0 Å². The van der Waals surface area contributed by atoms with Gasteiger partial charge in [-0.25, -0.2) is 0 Å². The molecule has 0 bridgehead atoms. The summed E-state index contributed by atoms with van der Waals surface area (Å²) in [7, 11) is 0. The monoisotopic (exact) mass is 223 g/mol. The van der Waals surface area contributed by atoms with Crippen molar-refractivity contribution in [3.05, 3.63) is 23.3 Å². The molecule has 1 aromatic carbocycles. The fourth-order valence-corrected chi connectivity index (χ4v) is 2.16. The van der Waals surface area contributed by atoms with E-state index < -0.39 is 0 Å². The molecule has 0 aromatic heterocycles. The maximum absolute atomic E-state index is 9.82. The van der Waals surface area contributed by atoms with E-state index in [4.69, 9.17) is 10.5 Å². The summed E-state index contributed by atoms with van der Waals surface area (Å²) in [5.41, 5.74) is 7.32. The molecule has 0 unspecified atom stereocenters. The van der Waals surface area contributed by atoms with Crippen LogP contribution in [-0.4, -0.2) is 22.9 Å². The summed E-state index contributed by atoms with van der Waals surface area (Å²) < 4.78 is 5.79. The molecule has 4 N–H and O–H groups in total. The third-order valence-electron chi connectivity index (χ3n) is 3.10. The molecule has 0 radical (unpaired) electrons. The maximum atomic E-state index is 9.82. The maximum Gasteiger partial charge on any atom is 0.161 e. The van der Waals surface area contributed by atoms with Gasteiger partial charge in [0.1, 0.15) is 0 Å². The Morgan fingerprint density at radius 1 is 1.44 bits per heavy atom. The SMILES string of the molecule is CC[C@@H]1Cc2c(ccc(O)c2O)[C@H](CN)O1. The second kappa shape index (κ2) is 4.31. The molecule has 2 atom stereocenters. The van der Waals surface area contributed by atoms with Crippen molar-refractivity contribution in [3.8, 4) is 11.5 Å². The molecule has 0 saturated heterocycles. The van der Waals surface area contributed by atoms with E-state index in [2.05, 4.69) is 0 Å². The van der Waals surface area contributed by atoms with Crippen LogP contribution in [0.1, 0.15) is 30.6 Å². The van der Waals surface area contributed by atoms with Gasteiger partial charge in [0.25, 0.3) is 0 Å². The summed E-state index contributed by atoms with van der Waals surface area (Å²) in [6.45, 7) is 2.41. The largest absolute Gasteiger partial charge is 0.504 e. The Hall–Kier alpha value is -1.26. The molecular weight excluding hydrogens is 206 g/mol. The van der Waals surface area contributed by atoms with Crippen molar-refractivity contribution >= 4 is 0 Å². The Balaban J connectivity index is 2.45. The molecule has 16 heavy (non-hydrogen) atoms. The molecule has 1 aromatic rings. The molecule has 0 saturated carbocycles. The number of phenolic OH excluding ortho intramolecular Hbond substituents is 2. The van der Waals surface area contributed by atoms with E-state index in [0.29, 0.717) is 13.0 Å². The van der Waals surface area contributed by atoms with Crippen molar-refractivity contribution in [2.24, 2.45) is 5.73 Å². The van der Waals surface area contributed by atoms with Crippen LogP contribution in [0.5, 0.6) is 11.5 Å². The topological polar surface area (TPSA) is 75.7 Å². The summed E-state index contributed by atoms with van der Waals surface area (Å²) in [6.07, 6.45) is 1.38. The lowest BCUT2D eigenvalue weighted by molar-refractivity contribution is -0.0228. The number of hydrogen-bond acceptors (Lipinski definition) is 4. The fraction of sp³-hybridized carbons (Fsp3) is 0.500. The van der Waals surface area contributed by atoms with Gasteiger partial charge in [-0.1, -0.05) is 13.0 Å². The van der Waals surface area contributed by atoms with E-state index in [1.165, 1.54) is 6.07 Å². The van der Waals surface area contributed by atoms with Gasteiger partial charge in [0.2, 0.25) is 0 Å². The molecule has 4 nitrogen and oxygen atoms in total. The molecule has 1 heterocycles. The molecule has 0 aliphatic carbocycles. The van der Waals surface area contributed by atoms with Gasteiger partial charge in [0, 0.05) is 18.5 Å². The Kier molecular flexibility index (Phi) is 3.03. The number of rotatable bonds is 2. The third-order valence-corrected chi connectivity index (χ3v) is 3.10. The van der Waals surface area contributed by atoms with Gasteiger partial charge >= 0.3 is 0 Å². The Labute approximate surface area is 94.7 Å². The highest BCUT2D eigenvalue weighted by molar-refractivity contribution is 5.50. The van der Waals surface area contributed by atoms with E-state index in [-0.39, 0.29) is 23.7 Å². The van der Waals surface area contributed by atoms with Crippen LogP contribution >= 0.6 is 0 Å². The number of benzene rings is 1. The van der Waals surface area contributed by atoms with Gasteiger partial charge in [-0.05, 0) is 18.1 Å². The second-order valence-electron chi connectivity index (χ2n) is 4.10. The highest BCUT2D eigenvalue weighted by Gasteiger charge is 2.28. The van der Waals surface area contributed by atoms with E-state index in [1.54, 1.807) is 6.07 Å². The molecule has 4 heteroatoms. The highest BCUT2D eigenvalue weighted by atomic mass is 16.5. The first kappa shape index (κ1) is 11.2.